The lowest BCUT2D eigenvalue weighted by Crippen LogP contribution is -2.30. The Morgan fingerprint density at radius 1 is 1.00 bits per heavy atom. The van der Waals surface area contributed by atoms with E-state index in [1.54, 1.807) is 18.2 Å². The summed E-state index contributed by atoms with van der Waals surface area (Å²) in [4.78, 5) is 23.8. The molecule has 0 saturated heterocycles. The first kappa shape index (κ1) is 20.2. The van der Waals surface area contributed by atoms with E-state index in [2.05, 4.69) is 16.0 Å². The highest BCUT2D eigenvalue weighted by Gasteiger charge is 2.34. The monoisotopic (exact) mass is 381 g/mol. The predicted molar refractivity (Wildman–Crippen MR) is 94.6 cm³/mol. The highest BCUT2D eigenvalue weighted by molar-refractivity contribution is 6.04. The van der Waals surface area contributed by atoms with Crippen molar-refractivity contribution in [2.45, 2.75) is 12.6 Å². The number of halogens is 3. The zero-order chi connectivity index (χ0) is 19.9. The second kappa shape index (κ2) is 9.04. The Morgan fingerprint density at radius 2 is 1.70 bits per heavy atom. The van der Waals surface area contributed by atoms with E-state index < -0.39 is 29.4 Å². The summed E-state index contributed by atoms with van der Waals surface area (Å²) < 4.78 is 40.0. The number of hydrogen-bond donors (Lipinski definition) is 4. The summed E-state index contributed by atoms with van der Waals surface area (Å²) in [6, 6.07) is 10.3. The van der Waals surface area contributed by atoms with Gasteiger partial charge in [0, 0.05) is 24.4 Å². The highest BCUT2D eigenvalue weighted by atomic mass is 19.4. The molecule has 0 atom stereocenters. The van der Waals surface area contributed by atoms with Crippen molar-refractivity contribution in [2.75, 3.05) is 23.8 Å². The summed E-state index contributed by atoms with van der Waals surface area (Å²) >= 11 is 0. The molecule has 0 radical (unpaired) electrons. The van der Waals surface area contributed by atoms with Crippen LogP contribution in [-0.2, 0) is 6.18 Å². The van der Waals surface area contributed by atoms with Crippen LogP contribution in [0.3, 0.4) is 0 Å². The minimum Gasteiger partial charge on any atom is -0.396 e. The second-order valence-corrected chi connectivity index (χ2v) is 5.54. The van der Waals surface area contributed by atoms with Gasteiger partial charge in [0.2, 0.25) is 0 Å². The fraction of sp³-hybridized carbons (Fsp3) is 0.222. The van der Waals surface area contributed by atoms with E-state index in [9.17, 15) is 22.8 Å². The molecule has 2 aromatic rings. The number of carbonyl (C=O) groups is 2. The molecule has 0 bridgehead atoms. The average Bonchev–Trinajstić information content (AvgIpc) is 2.63. The molecule has 3 amide bonds. The first-order chi connectivity index (χ1) is 12.8. The second-order valence-electron chi connectivity index (χ2n) is 5.54. The fourth-order valence-electron chi connectivity index (χ4n) is 2.21. The molecule has 0 unspecified atom stereocenters. The molecule has 0 aliphatic heterocycles. The summed E-state index contributed by atoms with van der Waals surface area (Å²) in [7, 11) is 0. The van der Waals surface area contributed by atoms with Crippen LogP contribution in [0.2, 0.25) is 0 Å². The summed E-state index contributed by atoms with van der Waals surface area (Å²) in [5, 5.41) is 15.5. The molecule has 144 valence electrons. The van der Waals surface area contributed by atoms with Gasteiger partial charge in [-0.15, -0.1) is 0 Å². The molecule has 2 aromatic carbocycles. The van der Waals surface area contributed by atoms with Gasteiger partial charge in [-0.1, -0.05) is 18.2 Å². The normalized spacial score (nSPS) is 11.0. The predicted octanol–water partition coefficient (Wildman–Crippen LogP) is 3.46. The minimum absolute atomic E-state index is 0.0533. The summed E-state index contributed by atoms with van der Waals surface area (Å²) in [6.07, 6.45) is -4.45. The number of alkyl halides is 3. The maximum atomic E-state index is 13.3. The van der Waals surface area contributed by atoms with Crippen LogP contribution in [0.25, 0.3) is 0 Å². The Morgan fingerprint density at radius 3 is 2.33 bits per heavy atom. The Kier molecular flexibility index (Phi) is 6.78. The molecule has 0 fully saturated rings. The first-order valence-electron chi connectivity index (χ1n) is 8.04. The van der Waals surface area contributed by atoms with Crippen LogP contribution in [0, 0.1) is 0 Å². The van der Waals surface area contributed by atoms with Crippen molar-refractivity contribution in [1.82, 2.24) is 5.32 Å². The molecule has 0 aliphatic carbocycles. The molecule has 0 heterocycles. The number of anilines is 2. The van der Waals surface area contributed by atoms with Crippen molar-refractivity contribution < 1.29 is 27.9 Å². The average molecular weight is 381 g/mol. The van der Waals surface area contributed by atoms with Crippen molar-refractivity contribution in [3.05, 3.63) is 59.7 Å². The zero-order valence-electron chi connectivity index (χ0n) is 14.1. The SMILES string of the molecule is O=C(NCCCO)Nc1ccc(NC(=O)c2ccccc2)cc1C(F)(F)F. The van der Waals surface area contributed by atoms with E-state index >= 15 is 0 Å². The maximum absolute atomic E-state index is 13.3. The number of nitrogens with one attached hydrogen (secondary N) is 3. The van der Waals surface area contributed by atoms with Crippen molar-refractivity contribution in [3.63, 3.8) is 0 Å². The van der Waals surface area contributed by atoms with Crippen LogP contribution >= 0.6 is 0 Å². The zero-order valence-corrected chi connectivity index (χ0v) is 14.1. The highest BCUT2D eigenvalue weighted by Crippen LogP contribution is 2.36. The molecule has 6 nitrogen and oxygen atoms in total. The van der Waals surface area contributed by atoms with Crippen LogP contribution in [0.4, 0.5) is 29.3 Å². The van der Waals surface area contributed by atoms with Gasteiger partial charge >= 0.3 is 12.2 Å². The Hall–Kier alpha value is -3.07. The van der Waals surface area contributed by atoms with Gasteiger partial charge in [0.25, 0.3) is 5.91 Å². The van der Waals surface area contributed by atoms with Gasteiger partial charge in [-0.05, 0) is 36.8 Å². The number of aliphatic hydroxyl groups excluding tert-OH is 1. The topological polar surface area (TPSA) is 90.5 Å². The van der Waals surface area contributed by atoms with E-state index in [4.69, 9.17) is 5.11 Å². The number of aliphatic hydroxyl groups is 1. The first-order valence-corrected chi connectivity index (χ1v) is 8.04. The molecule has 0 saturated carbocycles. The third kappa shape index (κ3) is 6.00. The van der Waals surface area contributed by atoms with Gasteiger partial charge in [-0.25, -0.2) is 4.79 Å². The number of carbonyl (C=O) groups excluding carboxylic acids is 2. The van der Waals surface area contributed by atoms with Crippen molar-refractivity contribution >= 4 is 23.3 Å². The minimum atomic E-state index is -4.73. The van der Waals surface area contributed by atoms with E-state index in [1.807, 2.05) is 0 Å². The van der Waals surface area contributed by atoms with Gasteiger partial charge in [0.05, 0.1) is 11.3 Å². The van der Waals surface area contributed by atoms with Gasteiger partial charge in [-0.3, -0.25) is 4.79 Å². The summed E-state index contributed by atoms with van der Waals surface area (Å²) in [6.45, 7) is -0.0290. The Labute approximate surface area is 153 Å². The van der Waals surface area contributed by atoms with Gasteiger partial charge < -0.3 is 21.1 Å². The van der Waals surface area contributed by atoms with Crippen molar-refractivity contribution in [2.24, 2.45) is 0 Å². The maximum Gasteiger partial charge on any atom is 0.418 e. The standard InChI is InChI=1S/C18H18F3N3O3/c19-18(20,21)14-11-13(23-16(26)12-5-2-1-3-6-12)7-8-15(14)24-17(27)22-9-4-10-25/h1-3,5-8,11,25H,4,9-10H2,(H,23,26)(H2,22,24,27). The lowest BCUT2D eigenvalue weighted by Gasteiger charge is -2.16. The van der Waals surface area contributed by atoms with Gasteiger partial charge in [-0.2, -0.15) is 13.2 Å². The number of benzene rings is 2. The molecule has 0 aliphatic rings. The van der Waals surface area contributed by atoms with E-state index in [0.29, 0.717) is 5.56 Å². The van der Waals surface area contributed by atoms with Gasteiger partial charge in [0.1, 0.15) is 0 Å². The van der Waals surface area contributed by atoms with E-state index in [-0.39, 0.29) is 25.3 Å². The molecule has 4 N–H and O–H groups in total. The number of amides is 3. The van der Waals surface area contributed by atoms with Crippen molar-refractivity contribution in [1.29, 1.82) is 0 Å². The lowest BCUT2D eigenvalue weighted by atomic mass is 10.1. The van der Waals surface area contributed by atoms with Gasteiger partial charge in [0.15, 0.2) is 0 Å². The van der Waals surface area contributed by atoms with Crippen LogP contribution in [0.15, 0.2) is 48.5 Å². The van der Waals surface area contributed by atoms with Crippen LogP contribution < -0.4 is 16.0 Å². The molecule has 2 rings (SSSR count). The lowest BCUT2D eigenvalue weighted by molar-refractivity contribution is -0.136. The molecular weight excluding hydrogens is 363 g/mol. The largest absolute Gasteiger partial charge is 0.418 e. The van der Waals surface area contributed by atoms with Crippen LogP contribution in [-0.4, -0.2) is 30.2 Å². The van der Waals surface area contributed by atoms with Crippen molar-refractivity contribution in [3.8, 4) is 0 Å². The fourth-order valence-corrected chi connectivity index (χ4v) is 2.21. The third-order valence-corrected chi connectivity index (χ3v) is 3.49. The van der Waals surface area contributed by atoms with E-state index in [1.165, 1.54) is 18.2 Å². The summed E-state index contributed by atoms with van der Waals surface area (Å²) in [5.74, 6) is -0.550. The number of hydrogen-bond acceptors (Lipinski definition) is 3. The van der Waals surface area contributed by atoms with Crippen LogP contribution in [0.5, 0.6) is 0 Å². The Bertz CT molecular complexity index is 795. The quantitative estimate of drug-likeness (QED) is 0.578. The molecule has 27 heavy (non-hydrogen) atoms. The molecule has 0 spiro atoms. The Balaban J connectivity index is 2.18. The van der Waals surface area contributed by atoms with Crippen LogP contribution in [0.1, 0.15) is 22.3 Å². The number of urea groups is 1. The molecule has 0 aromatic heterocycles. The van der Waals surface area contributed by atoms with E-state index in [0.717, 1.165) is 12.1 Å². The smallest absolute Gasteiger partial charge is 0.396 e. The molecular formula is C18H18F3N3O3. The number of rotatable bonds is 6. The third-order valence-electron chi connectivity index (χ3n) is 3.49. The summed E-state index contributed by atoms with van der Waals surface area (Å²) in [5.41, 5.74) is -1.29. The molecule has 9 heteroatoms.